The number of hydrogen-bond donors (Lipinski definition) is 1. The quantitative estimate of drug-likeness (QED) is 0.327. The minimum absolute atomic E-state index is 0.0497. The second-order valence-corrected chi connectivity index (χ2v) is 8.43. The van der Waals surface area contributed by atoms with Gasteiger partial charge in [-0.2, -0.15) is 0 Å². The Hall–Kier alpha value is -3.86. The molecule has 33 heavy (non-hydrogen) atoms. The number of anilines is 1. The van der Waals surface area contributed by atoms with Crippen LogP contribution in [0.3, 0.4) is 0 Å². The fraction of sp³-hybridized carbons (Fsp3) is 0.214. The number of hydrogen-bond acceptors (Lipinski definition) is 4. The summed E-state index contributed by atoms with van der Waals surface area (Å²) in [4.78, 5) is 28.3. The van der Waals surface area contributed by atoms with Crippen LogP contribution in [0.5, 0.6) is 5.75 Å². The van der Waals surface area contributed by atoms with Crippen molar-refractivity contribution in [2.24, 2.45) is 0 Å². The Morgan fingerprint density at radius 2 is 1.61 bits per heavy atom. The summed E-state index contributed by atoms with van der Waals surface area (Å²) in [6.07, 6.45) is 0. The number of methoxy groups -OCH3 is 1. The minimum atomic E-state index is -0.830. The molecule has 1 unspecified atom stereocenters. The van der Waals surface area contributed by atoms with Crippen molar-refractivity contribution in [3.05, 3.63) is 99.6 Å². The van der Waals surface area contributed by atoms with Gasteiger partial charge in [0.25, 0.3) is 11.7 Å². The standard InChI is InChI=1S/C28H27NO4/c1-16-13-14-20(15-18(16)3)26(30)24-25(21-10-6-7-12-23(21)33-5)29(28(32)27(24)31)22-11-8-9-17(2)19(22)4/h6-15,25,30H,1-5H3/b26-24+. The van der Waals surface area contributed by atoms with Crippen LogP contribution in [0.2, 0.25) is 0 Å². The third-order valence-corrected chi connectivity index (χ3v) is 6.49. The first kappa shape index (κ1) is 22.3. The molecule has 4 rings (SSSR count). The van der Waals surface area contributed by atoms with Crippen LogP contribution in [0.4, 0.5) is 5.69 Å². The van der Waals surface area contributed by atoms with Gasteiger partial charge in [0, 0.05) is 16.8 Å². The van der Waals surface area contributed by atoms with Gasteiger partial charge in [0.2, 0.25) is 0 Å². The van der Waals surface area contributed by atoms with Crippen LogP contribution in [0, 0.1) is 27.7 Å². The van der Waals surface area contributed by atoms with Crippen LogP contribution < -0.4 is 9.64 Å². The zero-order chi connectivity index (χ0) is 23.9. The van der Waals surface area contributed by atoms with Gasteiger partial charge in [-0.3, -0.25) is 14.5 Å². The van der Waals surface area contributed by atoms with Crippen molar-refractivity contribution in [2.75, 3.05) is 12.0 Å². The van der Waals surface area contributed by atoms with E-state index in [1.165, 1.54) is 4.90 Å². The number of para-hydroxylation sites is 1. The van der Waals surface area contributed by atoms with Crippen LogP contribution in [-0.2, 0) is 9.59 Å². The van der Waals surface area contributed by atoms with Gasteiger partial charge in [0.15, 0.2) is 0 Å². The number of Topliss-reactive ketones (excluding diaryl/α,β-unsaturated/α-hetero) is 1. The molecule has 5 heteroatoms. The van der Waals surface area contributed by atoms with Crippen LogP contribution in [-0.4, -0.2) is 23.9 Å². The highest BCUT2D eigenvalue weighted by Gasteiger charge is 2.48. The maximum atomic E-state index is 13.4. The Bertz CT molecular complexity index is 1300. The lowest BCUT2D eigenvalue weighted by atomic mass is 9.93. The number of ketones is 1. The van der Waals surface area contributed by atoms with E-state index >= 15 is 0 Å². The van der Waals surface area contributed by atoms with Crippen LogP contribution >= 0.6 is 0 Å². The van der Waals surface area contributed by atoms with Crippen molar-refractivity contribution in [3.8, 4) is 5.75 Å². The summed E-state index contributed by atoms with van der Waals surface area (Å²) < 4.78 is 5.58. The lowest BCUT2D eigenvalue weighted by molar-refractivity contribution is -0.132. The highest BCUT2D eigenvalue weighted by Crippen LogP contribution is 2.45. The minimum Gasteiger partial charge on any atom is -0.507 e. The number of nitrogens with zero attached hydrogens (tertiary/aromatic N) is 1. The van der Waals surface area contributed by atoms with Gasteiger partial charge in [-0.25, -0.2) is 0 Å². The molecule has 1 amide bonds. The Morgan fingerprint density at radius 1 is 0.879 bits per heavy atom. The van der Waals surface area contributed by atoms with Gasteiger partial charge in [-0.1, -0.05) is 42.5 Å². The number of aryl methyl sites for hydroxylation is 3. The van der Waals surface area contributed by atoms with Crippen molar-refractivity contribution in [1.29, 1.82) is 0 Å². The van der Waals surface area contributed by atoms with E-state index < -0.39 is 17.7 Å². The molecule has 0 bridgehead atoms. The van der Waals surface area contributed by atoms with E-state index in [4.69, 9.17) is 4.74 Å². The molecular formula is C28H27NO4. The number of benzene rings is 3. The fourth-order valence-electron chi connectivity index (χ4n) is 4.31. The number of amides is 1. The van der Waals surface area contributed by atoms with Crippen molar-refractivity contribution >= 4 is 23.1 Å². The maximum absolute atomic E-state index is 13.4. The summed E-state index contributed by atoms with van der Waals surface area (Å²) in [6.45, 7) is 7.81. The number of ether oxygens (including phenoxy) is 1. The van der Waals surface area contributed by atoms with Crippen LogP contribution in [0.1, 0.15) is 39.4 Å². The summed E-state index contributed by atoms with van der Waals surface area (Å²) in [5.41, 5.74) is 5.76. The summed E-state index contributed by atoms with van der Waals surface area (Å²) in [6, 6.07) is 17.6. The third-order valence-electron chi connectivity index (χ3n) is 6.49. The molecule has 168 valence electrons. The van der Waals surface area contributed by atoms with Crippen LogP contribution in [0.15, 0.2) is 66.2 Å². The zero-order valence-corrected chi connectivity index (χ0v) is 19.5. The molecule has 0 aliphatic carbocycles. The molecule has 1 fully saturated rings. The summed E-state index contributed by atoms with van der Waals surface area (Å²) in [5.74, 6) is -1.06. The zero-order valence-electron chi connectivity index (χ0n) is 19.5. The van der Waals surface area contributed by atoms with Gasteiger partial charge in [-0.05, 0) is 68.1 Å². The third kappa shape index (κ3) is 3.69. The monoisotopic (exact) mass is 441 g/mol. The van der Waals surface area contributed by atoms with Gasteiger partial charge in [0.1, 0.15) is 11.5 Å². The average Bonchev–Trinajstić information content (AvgIpc) is 3.07. The van der Waals surface area contributed by atoms with E-state index in [9.17, 15) is 14.7 Å². The van der Waals surface area contributed by atoms with Crippen molar-refractivity contribution in [2.45, 2.75) is 33.7 Å². The molecule has 0 radical (unpaired) electrons. The molecule has 0 saturated carbocycles. The predicted octanol–water partition coefficient (Wildman–Crippen LogP) is 5.56. The number of rotatable bonds is 4. The maximum Gasteiger partial charge on any atom is 0.300 e. The van der Waals surface area contributed by atoms with E-state index in [1.807, 2.05) is 76.2 Å². The molecule has 0 spiro atoms. The first-order valence-corrected chi connectivity index (χ1v) is 10.8. The molecule has 0 aromatic heterocycles. The van der Waals surface area contributed by atoms with Crippen molar-refractivity contribution in [1.82, 2.24) is 0 Å². The smallest absolute Gasteiger partial charge is 0.300 e. The normalized spacial score (nSPS) is 17.5. The first-order chi connectivity index (χ1) is 15.8. The van der Waals surface area contributed by atoms with Crippen molar-refractivity contribution < 1.29 is 19.4 Å². The Labute approximate surface area is 193 Å². The number of aliphatic hydroxyl groups is 1. The molecule has 5 nitrogen and oxygen atoms in total. The molecule has 1 N–H and O–H groups in total. The Balaban J connectivity index is 2.03. The number of carbonyl (C=O) groups is 2. The number of aliphatic hydroxyl groups excluding tert-OH is 1. The second-order valence-electron chi connectivity index (χ2n) is 8.43. The number of carbonyl (C=O) groups excluding carboxylic acids is 2. The highest BCUT2D eigenvalue weighted by atomic mass is 16.5. The SMILES string of the molecule is COc1ccccc1C1/C(=C(\O)c2ccc(C)c(C)c2)C(=O)C(=O)N1c1cccc(C)c1C. The molecule has 1 aliphatic rings. The van der Waals surface area contributed by atoms with Gasteiger partial charge in [-0.15, -0.1) is 0 Å². The molecule has 3 aromatic rings. The molecule has 1 heterocycles. The molecule has 1 saturated heterocycles. The van der Waals surface area contributed by atoms with Gasteiger partial charge >= 0.3 is 0 Å². The summed E-state index contributed by atoms with van der Waals surface area (Å²) in [5, 5.41) is 11.3. The topological polar surface area (TPSA) is 66.8 Å². The predicted molar refractivity (Wildman–Crippen MR) is 130 cm³/mol. The molecule has 3 aromatic carbocycles. The second kappa shape index (κ2) is 8.58. The first-order valence-electron chi connectivity index (χ1n) is 10.8. The molecule has 1 atom stereocenters. The fourth-order valence-corrected chi connectivity index (χ4v) is 4.31. The highest BCUT2D eigenvalue weighted by molar-refractivity contribution is 6.51. The van der Waals surface area contributed by atoms with E-state index in [0.717, 1.165) is 22.3 Å². The Morgan fingerprint density at radius 3 is 2.30 bits per heavy atom. The van der Waals surface area contributed by atoms with Gasteiger partial charge in [0.05, 0.1) is 18.7 Å². The largest absolute Gasteiger partial charge is 0.507 e. The lowest BCUT2D eigenvalue weighted by Gasteiger charge is -2.28. The van der Waals surface area contributed by atoms with Crippen molar-refractivity contribution in [3.63, 3.8) is 0 Å². The van der Waals surface area contributed by atoms with E-state index in [1.54, 1.807) is 19.2 Å². The summed E-state index contributed by atoms with van der Waals surface area (Å²) in [7, 11) is 1.55. The van der Waals surface area contributed by atoms with E-state index in [0.29, 0.717) is 22.6 Å². The van der Waals surface area contributed by atoms with E-state index in [-0.39, 0.29) is 11.3 Å². The van der Waals surface area contributed by atoms with Gasteiger partial charge < -0.3 is 9.84 Å². The molecular weight excluding hydrogens is 414 g/mol. The lowest BCUT2D eigenvalue weighted by Crippen LogP contribution is -2.30. The van der Waals surface area contributed by atoms with Crippen LogP contribution in [0.25, 0.3) is 5.76 Å². The average molecular weight is 442 g/mol. The summed E-state index contributed by atoms with van der Waals surface area (Å²) >= 11 is 0. The molecule has 1 aliphatic heterocycles. The van der Waals surface area contributed by atoms with E-state index in [2.05, 4.69) is 0 Å². The Kier molecular flexibility index (Phi) is 5.81.